The van der Waals surface area contributed by atoms with Crippen LogP contribution in [-0.4, -0.2) is 63.7 Å². The molecule has 17 nitrogen and oxygen atoms in total. The normalized spacial score (nSPS) is 18.3. The van der Waals surface area contributed by atoms with Gasteiger partial charge in [-0.2, -0.15) is 18.5 Å². The van der Waals surface area contributed by atoms with Crippen molar-refractivity contribution in [2.45, 2.75) is 43.9 Å². The molecule has 0 aliphatic carbocycles. The van der Waals surface area contributed by atoms with Gasteiger partial charge in [-0.05, 0) is 6.92 Å². The highest BCUT2D eigenvalue weighted by Crippen LogP contribution is 2.66. The molecule has 2 aromatic rings. The van der Waals surface area contributed by atoms with Gasteiger partial charge < -0.3 is 40.3 Å². The van der Waals surface area contributed by atoms with Crippen molar-refractivity contribution in [2.75, 3.05) is 25.3 Å². The number of anilines is 1. The van der Waals surface area contributed by atoms with E-state index in [0.717, 1.165) is 0 Å². The first-order valence-corrected chi connectivity index (χ1v) is 18.6. The SMILES string of the molecule is CO[C@H](C(C)[SH](COOP(=O)(O)OP(=O)(O)OP(=O)(O)O)SC(C)(C)C)n1cc(C#CCN)c2c(N)ncnc21. The van der Waals surface area contributed by atoms with Gasteiger partial charge in [0.1, 0.15) is 30.0 Å². The summed E-state index contributed by atoms with van der Waals surface area (Å²) in [6.07, 6.45) is 2.32. The molecule has 22 heteroatoms. The second-order valence-corrected chi connectivity index (χ2v) is 18.4. The molecule has 2 heterocycles. The predicted octanol–water partition coefficient (Wildman–Crippen LogP) is 2.54. The van der Waals surface area contributed by atoms with Gasteiger partial charge in [0, 0.05) is 23.3 Å². The standard InChI is InChI=1S/C18H32N5O12P3S2/c1-12(17(31-5)23-9-13(7-6-8-19)14-15(20)21-10-22-16(14)23)40(39-18(2,3)4)11-32-33-37(27,28)35-38(29,30)34-36(24,25)26/h9-10,12,17,40H,8,11,19H2,1-5H3,(H,27,28)(H,29,30)(H2,20,21,22)(H2,24,25,26)/t12?,17-/m1/s1. The van der Waals surface area contributed by atoms with Gasteiger partial charge in [-0.15, -0.1) is 15.5 Å². The van der Waals surface area contributed by atoms with E-state index in [0.29, 0.717) is 16.6 Å². The van der Waals surface area contributed by atoms with E-state index in [9.17, 15) is 23.5 Å². The van der Waals surface area contributed by atoms with Crippen LogP contribution in [-0.2, 0) is 36.6 Å². The van der Waals surface area contributed by atoms with Crippen molar-refractivity contribution in [3.63, 3.8) is 0 Å². The Morgan fingerprint density at radius 1 is 1.15 bits per heavy atom. The van der Waals surface area contributed by atoms with Crippen LogP contribution in [0.2, 0.25) is 0 Å². The van der Waals surface area contributed by atoms with Gasteiger partial charge in [-0.3, -0.25) is 0 Å². The number of phosphoric acid groups is 3. The molecule has 0 aromatic carbocycles. The van der Waals surface area contributed by atoms with Crippen LogP contribution in [0.25, 0.3) is 11.0 Å². The van der Waals surface area contributed by atoms with Gasteiger partial charge in [0.05, 0.1) is 17.5 Å². The minimum absolute atomic E-state index is 0.116. The molecule has 2 aromatic heterocycles. The van der Waals surface area contributed by atoms with E-state index in [-0.39, 0.29) is 28.3 Å². The molecule has 0 aliphatic rings. The Balaban J connectivity index is 2.33. The molecular formula is C18H32N5O12P3S2. The summed E-state index contributed by atoms with van der Waals surface area (Å²) < 4.78 is 53.4. The summed E-state index contributed by atoms with van der Waals surface area (Å²) in [5.41, 5.74) is 12.6. The lowest BCUT2D eigenvalue weighted by atomic mass is 10.2. The number of methoxy groups -OCH3 is 1. The summed E-state index contributed by atoms with van der Waals surface area (Å²) >= 11 is 0. The molecule has 228 valence electrons. The number of rotatable bonds is 13. The van der Waals surface area contributed by atoms with Crippen LogP contribution in [0.15, 0.2) is 12.5 Å². The van der Waals surface area contributed by atoms with E-state index in [1.807, 2.05) is 27.7 Å². The van der Waals surface area contributed by atoms with Crippen LogP contribution in [0.1, 0.15) is 39.5 Å². The molecule has 2 rings (SSSR count). The van der Waals surface area contributed by atoms with E-state index in [2.05, 4.69) is 35.1 Å². The highest BCUT2D eigenvalue weighted by Gasteiger charge is 2.42. The number of aromatic nitrogens is 3. The van der Waals surface area contributed by atoms with Gasteiger partial charge in [0.2, 0.25) is 0 Å². The van der Waals surface area contributed by atoms with Crippen molar-refractivity contribution in [1.82, 2.24) is 14.5 Å². The highest BCUT2D eigenvalue weighted by molar-refractivity contribution is 8.85. The van der Waals surface area contributed by atoms with Crippen LogP contribution in [0.4, 0.5) is 5.82 Å². The first-order valence-electron chi connectivity index (χ1n) is 11.0. The van der Waals surface area contributed by atoms with Crippen molar-refractivity contribution in [3.8, 4) is 11.8 Å². The lowest BCUT2D eigenvalue weighted by Crippen LogP contribution is -2.25. The van der Waals surface area contributed by atoms with Gasteiger partial charge >= 0.3 is 23.5 Å². The average Bonchev–Trinajstić information content (AvgIpc) is 3.13. The lowest BCUT2D eigenvalue weighted by molar-refractivity contribution is -0.202. The molecule has 0 saturated heterocycles. The minimum Gasteiger partial charge on any atom is -0.383 e. The molecule has 0 bridgehead atoms. The zero-order valence-electron chi connectivity index (χ0n) is 22.0. The summed E-state index contributed by atoms with van der Waals surface area (Å²) in [7, 11) is -15.1. The Labute approximate surface area is 236 Å². The van der Waals surface area contributed by atoms with Crippen LogP contribution in [0.5, 0.6) is 0 Å². The van der Waals surface area contributed by atoms with Crippen LogP contribution < -0.4 is 11.5 Å². The lowest BCUT2D eigenvalue weighted by Gasteiger charge is -2.36. The Morgan fingerprint density at radius 2 is 1.80 bits per heavy atom. The summed E-state index contributed by atoms with van der Waals surface area (Å²) in [6, 6.07) is 0. The van der Waals surface area contributed by atoms with E-state index < -0.39 is 39.6 Å². The zero-order chi connectivity index (χ0) is 30.5. The number of nitrogen functional groups attached to an aromatic ring is 1. The first-order chi connectivity index (χ1) is 18.3. The summed E-state index contributed by atoms with van der Waals surface area (Å²) in [4.78, 5) is 49.7. The van der Waals surface area contributed by atoms with E-state index in [1.165, 1.54) is 24.2 Å². The maximum absolute atomic E-state index is 12.1. The smallest absolute Gasteiger partial charge is 0.383 e. The molecule has 4 unspecified atom stereocenters. The largest absolute Gasteiger partial charge is 0.508 e. The second-order valence-electron chi connectivity index (χ2n) is 8.81. The zero-order valence-corrected chi connectivity index (χ0v) is 26.4. The molecule has 0 radical (unpaired) electrons. The summed E-state index contributed by atoms with van der Waals surface area (Å²) in [6.45, 7) is 7.76. The van der Waals surface area contributed by atoms with E-state index in [4.69, 9.17) is 30.9 Å². The molecule has 5 atom stereocenters. The Morgan fingerprint density at radius 3 is 2.35 bits per heavy atom. The molecular weight excluding hydrogens is 635 g/mol. The molecule has 0 aliphatic heterocycles. The highest BCUT2D eigenvalue weighted by atomic mass is 33.1. The maximum Gasteiger partial charge on any atom is 0.508 e. The molecule has 0 saturated carbocycles. The molecule has 0 amide bonds. The molecule has 0 spiro atoms. The number of nitrogens with zero attached hydrogens (tertiary/aromatic N) is 3. The van der Waals surface area contributed by atoms with Crippen molar-refractivity contribution in [1.29, 1.82) is 0 Å². The third-order valence-electron chi connectivity index (χ3n) is 4.48. The molecule has 8 N–H and O–H groups in total. The van der Waals surface area contributed by atoms with Crippen molar-refractivity contribution in [3.05, 3.63) is 18.1 Å². The summed E-state index contributed by atoms with van der Waals surface area (Å²) in [5.74, 6) is 5.62. The van der Waals surface area contributed by atoms with Crippen molar-refractivity contribution >= 4 is 61.0 Å². The number of thiol groups is 1. The monoisotopic (exact) mass is 667 g/mol. The number of hydrogen-bond donors (Lipinski definition) is 7. The fraction of sp³-hybridized carbons (Fsp3) is 0.556. The third kappa shape index (κ3) is 10.7. The Kier molecular flexibility index (Phi) is 12.3. The Bertz CT molecular complexity index is 1390. The van der Waals surface area contributed by atoms with Crippen LogP contribution in [0.3, 0.4) is 0 Å². The quantitative estimate of drug-likeness (QED) is 0.0404. The van der Waals surface area contributed by atoms with Gasteiger partial charge in [0.25, 0.3) is 0 Å². The molecule has 0 fully saturated rings. The number of fused-ring (bicyclic) bond motifs is 1. The predicted molar refractivity (Wildman–Crippen MR) is 151 cm³/mol. The van der Waals surface area contributed by atoms with Gasteiger partial charge in [0.15, 0.2) is 0 Å². The first kappa shape index (κ1) is 35.2. The number of nitrogens with two attached hydrogens (primary N) is 2. The maximum atomic E-state index is 12.1. The third-order valence-corrected chi connectivity index (χ3v) is 14.1. The van der Waals surface area contributed by atoms with Gasteiger partial charge in [-0.25, -0.2) is 28.6 Å². The van der Waals surface area contributed by atoms with Crippen LogP contribution >= 0.6 is 44.2 Å². The second kappa shape index (κ2) is 14.0. The van der Waals surface area contributed by atoms with E-state index >= 15 is 0 Å². The fourth-order valence-corrected chi connectivity index (χ4v) is 11.2. The number of hydrogen-bond acceptors (Lipinski definition) is 13. The van der Waals surface area contributed by atoms with Gasteiger partial charge in [-0.1, -0.05) is 32.6 Å². The molecule has 40 heavy (non-hydrogen) atoms. The van der Waals surface area contributed by atoms with Crippen LogP contribution in [0, 0.1) is 11.8 Å². The average molecular weight is 668 g/mol. The van der Waals surface area contributed by atoms with Crippen molar-refractivity contribution < 1.29 is 56.2 Å². The summed E-state index contributed by atoms with van der Waals surface area (Å²) in [5, 5.41) is 0.144. The fourth-order valence-electron chi connectivity index (χ4n) is 3.24. The van der Waals surface area contributed by atoms with Crippen molar-refractivity contribution in [2.24, 2.45) is 5.73 Å². The Hall–Kier alpha value is -1.03. The van der Waals surface area contributed by atoms with E-state index in [1.54, 1.807) is 10.8 Å². The number of ether oxygens (including phenoxy) is 1. The minimum atomic E-state index is -5.69. The topological polar surface area (TPSA) is 261 Å².